The Morgan fingerprint density at radius 1 is 0.952 bits per heavy atom. The van der Waals surface area contributed by atoms with Gasteiger partial charge in [0, 0.05) is 24.6 Å². The Bertz CT molecular complexity index is 656. The number of benzene rings is 2. The average Bonchev–Trinajstić information content (AvgIpc) is 3.00. The molecule has 1 N–H and O–H groups in total. The summed E-state index contributed by atoms with van der Waals surface area (Å²) in [6, 6.07) is 14.7. The minimum absolute atomic E-state index is 0.319. The Morgan fingerprint density at radius 3 is 2.86 bits per heavy atom. The van der Waals surface area contributed by atoms with Crippen molar-refractivity contribution in [3.8, 4) is 17.2 Å². The minimum atomic E-state index is 0.319. The van der Waals surface area contributed by atoms with Crippen molar-refractivity contribution in [2.75, 3.05) is 13.4 Å². The van der Waals surface area contributed by atoms with Crippen molar-refractivity contribution in [3.63, 3.8) is 0 Å². The highest BCUT2D eigenvalue weighted by atomic mass is 16.7. The van der Waals surface area contributed by atoms with Gasteiger partial charge in [-0.1, -0.05) is 24.3 Å². The zero-order chi connectivity index (χ0) is 14.1. The fourth-order valence-electron chi connectivity index (χ4n) is 2.85. The Kier molecular flexibility index (Phi) is 3.16. The molecule has 4 rings (SSSR count). The predicted molar refractivity (Wildman–Crippen MR) is 78.7 cm³/mol. The van der Waals surface area contributed by atoms with Gasteiger partial charge in [0.15, 0.2) is 11.5 Å². The van der Waals surface area contributed by atoms with Crippen LogP contribution in [0.3, 0.4) is 0 Å². The Labute approximate surface area is 123 Å². The van der Waals surface area contributed by atoms with Gasteiger partial charge in [-0.25, -0.2) is 0 Å². The first kappa shape index (κ1) is 12.5. The Morgan fingerprint density at radius 2 is 1.86 bits per heavy atom. The number of rotatable bonds is 3. The van der Waals surface area contributed by atoms with E-state index in [4.69, 9.17) is 14.2 Å². The molecule has 4 nitrogen and oxygen atoms in total. The van der Waals surface area contributed by atoms with Crippen molar-refractivity contribution in [2.24, 2.45) is 0 Å². The molecular formula is C17H17NO3. The van der Waals surface area contributed by atoms with Crippen molar-refractivity contribution < 1.29 is 14.2 Å². The van der Waals surface area contributed by atoms with Gasteiger partial charge in [0.05, 0.1) is 6.61 Å². The summed E-state index contributed by atoms with van der Waals surface area (Å²) in [7, 11) is 0. The molecule has 2 aromatic carbocycles. The van der Waals surface area contributed by atoms with Crippen LogP contribution in [0.1, 0.15) is 23.6 Å². The third kappa shape index (κ3) is 2.43. The van der Waals surface area contributed by atoms with Crippen LogP contribution in [-0.2, 0) is 6.54 Å². The van der Waals surface area contributed by atoms with Gasteiger partial charge in [0.25, 0.3) is 0 Å². The summed E-state index contributed by atoms with van der Waals surface area (Å²) in [4.78, 5) is 0. The molecule has 0 radical (unpaired) electrons. The summed E-state index contributed by atoms with van der Waals surface area (Å²) >= 11 is 0. The van der Waals surface area contributed by atoms with Crippen LogP contribution in [0.15, 0.2) is 42.5 Å². The second-order valence-corrected chi connectivity index (χ2v) is 5.30. The molecule has 108 valence electrons. The molecule has 0 amide bonds. The van der Waals surface area contributed by atoms with E-state index in [0.29, 0.717) is 12.8 Å². The SMILES string of the molecule is c1ccc2c(c1)OCCC2NCc1ccc2c(c1)OCO2. The van der Waals surface area contributed by atoms with E-state index >= 15 is 0 Å². The molecule has 21 heavy (non-hydrogen) atoms. The quantitative estimate of drug-likeness (QED) is 0.940. The summed E-state index contributed by atoms with van der Waals surface area (Å²) in [5.74, 6) is 2.66. The lowest BCUT2D eigenvalue weighted by Crippen LogP contribution is -2.26. The molecule has 4 heteroatoms. The van der Waals surface area contributed by atoms with E-state index in [9.17, 15) is 0 Å². The molecule has 0 saturated carbocycles. The first-order valence-corrected chi connectivity index (χ1v) is 7.24. The second kappa shape index (κ2) is 5.30. The van der Waals surface area contributed by atoms with Crippen LogP contribution < -0.4 is 19.5 Å². The molecule has 0 saturated heterocycles. The summed E-state index contributed by atoms with van der Waals surface area (Å²) in [5, 5.41) is 3.61. The molecule has 2 heterocycles. The normalized spacial score (nSPS) is 19.0. The standard InChI is InChI=1S/C17H17NO3/c1-2-4-15-13(3-1)14(7-8-19-15)18-10-12-5-6-16-17(9-12)21-11-20-16/h1-6,9,14,18H,7-8,10-11H2. The first-order chi connectivity index (χ1) is 10.4. The van der Waals surface area contributed by atoms with E-state index in [-0.39, 0.29) is 0 Å². The van der Waals surface area contributed by atoms with Gasteiger partial charge >= 0.3 is 0 Å². The maximum absolute atomic E-state index is 5.69. The number of hydrogen-bond acceptors (Lipinski definition) is 4. The van der Waals surface area contributed by atoms with E-state index in [1.807, 2.05) is 24.3 Å². The van der Waals surface area contributed by atoms with Crippen LogP contribution in [0.5, 0.6) is 17.2 Å². The average molecular weight is 283 g/mol. The van der Waals surface area contributed by atoms with Gasteiger partial charge in [-0.15, -0.1) is 0 Å². The zero-order valence-electron chi connectivity index (χ0n) is 11.7. The highest BCUT2D eigenvalue weighted by molar-refractivity contribution is 5.44. The Hall–Kier alpha value is -2.20. The lowest BCUT2D eigenvalue weighted by atomic mass is 10.0. The van der Waals surface area contributed by atoms with E-state index in [1.54, 1.807) is 0 Å². The first-order valence-electron chi connectivity index (χ1n) is 7.24. The summed E-state index contributed by atoms with van der Waals surface area (Å²) in [5.41, 5.74) is 2.44. The van der Waals surface area contributed by atoms with E-state index in [2.05, 4.69) is 23.5 Å². The molecule has 0 spiro atoms. The minimum Gasteiger partial charge on any atom is -0.493 e. The summed E-state index contributed by atoms with van der Waals surface area (Å²) < 4.78 is 16.4. The second-order valence-electron chi connectivity index (χ2n) is 5.30. The number of fused-ring (bicyclic) bond motifs is 2. The molecule has 0 bridgehead atoms. The molecule has 2 aliphatic rings. The lowest BCUT2D eigenvalue weighted by Gasteiger charge is -2.26. The molecule has 0 aromatic heterocycles. The van der Waals surface area contributed by atoms with Gasteiger partial charge in [-0.3, -0.25) is 0 Å². The number of hydrogen-bond donors (Lipinski definition) is 1. The third-order valence-electron chi connectivity index (χ3n) is 3.95. The zero-order valence-corrected chi connectivity index (χ0v) is 11.7. The van der Waals surface area contributed by atoms with E-state index in [1.165, 1.54) is 11.1 Å². The third-order valence-corrected chi connectivity index (χ3v) is 3.95. The van der Waals surface area contributed by atoms with Gasteiger partial charge in [-0.05, 0) is 23.8 Å². The molecule has 2 aliphatic heterocycles. The van der Waals surface area contributed by atoms with Crippen molar-refractivity contribution in [1.29, 1.82) is 0 Å². The van der Waals surface area contributed by atoms with Crippen LogP contribution in [0.2, 0.25) is 0 Å². The van der Waals surface area contributed by atoms with Gasteiger partial charge in [0.1, 0.15) is 5.75 Å². The largest absolute Gasteiger partial charge is 0.493 e. The fourth-order valence-corrected chi connectivity index (χ4v) is 2.85. The van der Waals surface area contributed by atoms with Gasteiger partial charge in [0.2, 0.25) is 6.79 Å². The van der Waals surface area contributed by atoms with Crippen LogP contribution in [-0.4, -0.2) is 13.4 Å². The topological polar surface area (TPSA) is 39.7 Å². The molecule has 0 aliphatic carbocycles. The van der Waals surface area contributed by atoms with Crippen LogP contribution >= 0.6 is 0 Å². The summed E-state index contributed by atoms with van der Waals surface area (Å²) in [6.45, 7) is 1.88. The molecule has 1 atom stereocenters. The lowest BCUT2D eigenvalue weighted by molar-refractivity contribution is 0.174. The predicted octanol–water partition coefficient (Wildman–Crippen LogP) is 3.03. The fraction of sp³-hybridized carbons (Fsp3) is 0.294. The molecule has 2 aromatic rings. The number of ether oxygens (including phenoxy) is 3. The molecule has 0 fully saturated rings. The van der Waals surface area contributed by atoms with Gasteiger partial charge in [-0.2, -0.15) is 0 Å². The van der Waals surface area contributed by atoms with Crippen molar-refractivity contribution in [2.45, 2.75) is 19.0 Å². The van der Waals surface area contributed by atoms with Crippen LogP contribution in [0.4, 0.5) is 0 Å². The Balaban J connectivity index is 1.48. The number of para-hydroxylation sites is 1. The van der Waals surface area contributed by atoms with E-state index < -0.39 is 0 Å². The van der Waals surface area contributed by atoms with Crippen LogP contribution in [0.25, 0.3) is 0 Å². The molecular weight excluding hydrogens is 266 g/mol. The highest BCUT2D eigenvalue weighted by Crippen LogP contribution is 2.34. The number of nitrogens with one attached hydrogen (secondary N) is 1. The van der Waals surface area contributed by atoms with Crippen LogP contribution in [0, 0.1) is 0 Å². The highest BCUT2D eigenvalue weighted by Gasteiger charge is 2.20. The van der Waals surface area contributed by atoms with Gasteiger partial charge < -0.3 is 19.5 Å². The summed E-state index contributed by atoms with van der Waals surface area (Å²) in [6.07, 6.45) is 0.988. The molecule has 1 unspecified atom stereocenters. The van der Waals surface area contributed by atoms with Crippen molar-refractivity contribution in [3.05, 3.63) is 53.6 Å². The maximum Gasteiger partial charge on any atom is 0.231 e. The smallest absolute Gasteiger partial charge is 0.231 e. The van der Waals surface area contributed by atoms with E-state index in [0.717, 1.165) is 36.8 Å². The van der Waals surface area contributed by atoms with Crippen molar-refractivity contribution >= 4 is 0 Å². The van der Waals surface area contributed by atoms with Crippen molar-refractivity contribution in [1.82, 2.24) is 5.32 Å². The maximum atomic E-state index is 5.69. The monoisotopic (exact) mass is 283 g/mol.